The van der Waals surface area contributed by atoms with Gasteiger partial charge >= 0.3 is 12.0 Å². The largest absolute Gasteiger partial charge is 0.478 e. The lowest BCUT2D eigenvalue weighted by molar-refractivity contribution is -0.143. The molecule has 5 atom stereocenters. The number of para-hydroxylation sites is 1. The van der Waals surface area contributed by atoms with Gasteiger partial charge in [-0.25, -0.2) is 9.59 Å². The highest BCUT2D eigenvalue weighted by molar-refractivity contribution is 6.38. The molecular weight excluding hydrogens is 801 g/mol. The molecule has 0 radical (unpaired) electrons. The number of anilines is 1. The van der Waals surface area contributed by atoms with Gasteiger partial charge in [0.1, 0.15) is 18.1 Å². The molecule has 62 heavy (non-hydrogen) atoms. The molecule has 1 heterocycles. The Kier molecular flexibility index (Phi) is 16.3. The maximum absolute atomic E-state index is 14.8. The number of nitrogens with two attached hydrogens (primary N) is 1. The molecule has 1 aliphatic carbocycles. The second-order valence-corrected chi connectivity index (χ2v) is 15.3. The molecule has 0 aromatic heterocycles. The van der Waals surface area contributed by atoms with Crippen molar-refractivity contribution >= 4 is 58.9 Å². The quantitative estimate of drug-likeness (QED) is 0.0864. The van der Waals surface area contributed by atoms with E-state index in [-0.39, 0.29) is 36.4 Å². The SMILES string of the molecule is CCCC(NC(=O)[C@@H]1C[C@H](NC(=O)Nc2ccccc2)CN1C(=O)C(NC(=O)c1ccccc1C(=O)O)C1CCCCC1)C(=O)C(=O)NCC(=O)N[C@@H](C(N)=O)c1ccccc1. The summed E-state index contributed by atoms with van der Waals surface area (Å²) < 4.78 is 0. The Morgan fingerprint density at radius 2 is 1.42 bits per heavy atom. The number of urea groups is 1. The Morgan fingerprint density at radius 3 is 2.05 bits per heavy atom. The molecule has 1 saturated heterocycles. The first kappa shape index (κ1) is 46.0. The molecule has 0 bridgehead atoms. The first-order chi connectivity index (χ1) is 29.8. The molecule has 0 spiro atoms. The lowest BCUT2D eigenvalue weighted by atomic mass is 9.83. The van der Waals surface area contributed by atoms with Crippen LogP contribution in [-0.2, 0) is 28.8 Å². The molecule has 18 nitrogen and oxygen atoms in total. The summed E-state index contributed by atoms with van der Waals surface area (Å²) in [6.45, 7) is 0.867. The number of nitrogens with zero attached hydrogens (tertiary/aromatic N) is 1. The summed E-state index contributed by atoms with van der Waals surface area (Å²) in [6.07, 6.45) is 3.84. The molecule has 1 saturated carbocycles. The number of carbonyl (C=O) groups excluding carboxylic acids is 8. The number of ketones is 1. The number of hydrogen-bond donors (Lipinski definition) is 8. The van der Waals surface area contributed by atoms with E-state index in [0.717, 1.165) is 19.3 Å². The van der Waals surface area contributed by atoms with Gasteiger partial charge in [0, 0.05) is 12.2 Å². The van der Waals surface area contributed by atoms with E-state index in [0.29, 0.717) is 30.5 Å². The topological polar surface area (TPSA) is 275 Å². The van der Waals surface area contributed by atoms with E-state index in [1.54, 1.807) is 67.6 Å². The average Bonchev–Trinajstić information content (AvgIpc) is 3.70. The number of likely N-dealkylation sites (tertiary alicyclic amines) is 1. The highest BCUT2D eigenvalue weighted by Crippen LogP contribution is 2.30. The van der Waals surface area contributed by atoms with Crippen LogP contribution in [0.1, 0.15) is 90.6 Å². The van der Waals surface area contributed by atoms with Crippen molar-refractivity contribution in [1.82, 2.24) is 31.5 Å². The first-order valence-electron chi connectivity index (χ1n) is 20.6. The third kappa shape index (κ3) is 12.2. The Balaban J connectivity index is 1.34. The molecule has 8 amide bonds. The molecule has 5 rings (SSSR count). The van der Waals surface area contributed by atoms with Crippen molar-refractivity contribution in [3.05, 3.63) is 102 Å². The summed E-state index contributed by atoms with van der Waals surface area (Å²) in [4.78, 5) is 121. The van der Waals surface area contributed by atoms with Crippen molar-refractivity contribution in [2.75, 3.05) is 18.4 Å². The molecule has 18 heteroatoms. The molecular formula is C44H52N8O10. The van der Waals surface area contributed by atoms with Crippen LogP contribution in [0, 0.1) is 5.92 Å². The lowest BCUT2D eigenvalue weighted by Crippen LogP contribution is -2.58. The molecule has 3 aromatic carbocycles. The van der Waals surface area contributed by atoms with Crippen molar-refractivity contribution < 1.29 is 48.3 Å². The molecule has 2 aliphatic rings. The van der Waals surface area contributed by atoms with Crippen molar-refractivity contribution in [3.8, 4) is 0 Å². The standard InChI is InChI=1S/C44H52N8O10/c1-2-14-32(37(54)41(58)46-24-34(53)50-35(38(45)55)26-15-6-3-7-16-26)49-40(57)33-23-29(48-44(62)47-28-19-10-5-11-20-28)25-52(33)42(59)36(27-17-8-4-9-18-27)51-39(56)30-21-12-13-22-31(30)43(60)61/h3,5-7,10-13,15-16,19-22,27,29,32-33,35-36H,2,4,8-9,14,17-18,23-25H2,1H3,(H2,45,55)(H,46,58)(H,49,57)(H,50,53)(H,51,56)(H,60,61)(H2,47,48,62)/t29-,32?,33-,35+,36?/m0/s1. The number of Topliss-reactive ketones (excluding diaryl/α,β-unsaturated/α-hetero) is 1. The Hall–Kier alpha value is -7.11. The Bertz CT molecular complexity index is 2130. The van der Waals surface area contributed by atoms with E-state index >= 15 is 0 Å². The first-order valence-corrected chi connectivity index (χ1v) is 20.6. The van der Waals surface area contributed by atoms with Crippen LogP contribution in [0.3, 0.4) is 0 Å². The number of carbonyl (C=O) groups is 9. The van der Waals surface area contributed by atoms with Crippen LogP contribution < -0.4 is 37.6 Å². The zero-order valence-corrected chi connectivity index (χ0v) is 34.3. The fourth-order valence-corrected chi connectivity index (χ4v) is 7.83. The maximum atomic E-state index is 14.8. The summed E-state index contributed by atoms with van der Waals surface area (Å²) in [5, 5.41) is 25.3. The fourth-order valence-electron chi connectivity index (χ4n) is 7.83. The fraction of sp³-hybridized carbons (Fsp3) is 0.386. The third-order valence-electron chi connectivity index (χ3n) is 10.9. The number of nitrogens with one attached hydrogen (secondary N) is 6. The van der Waals surface area contributed by atoms with E-state index in [1.165, 1.54) is 29.2 Å². The number of carboxylic acids is 1. The zero-order valence-electron chi connectivity index (χ0n) is 34.3. The van der Waals surface area contributed by atoms with Crippen LogP contribution in [0.2, 0.25) is 0 Å². The van der Waals surface area contributed by atoms with E-state index < -0.39 is 90.0 Å². The summed E-state index contributed by atoms with van der Waals surface area (Å²) in [5.41, 5.74) is 5.97. The number of amides is 8. The monoisotopic (exact) mass is 852 g/mol. The molecule has 2 unspecified atom stereocenters. The predicted octanol–water partition coefficient (Wildman–Crippen LogP) is 2.17. The van der Waals surface area contributed by atoms with Gasteiger partial charge in [0.15, 0.2) is 0 Å². The van der Waals surface area contributed by atoms with Crippen molar-refractivity contribution in [2.24, 2.45) is 11.7 Å². The van der Waals surface area contributed by atoms with Crippen LogP contribution in [0.5, 0.6) is 0 Å². The van der Waals surface area contributed by atoms with Gasteiger partial charge in [-0.1, -0.05) is 93.3 Å². The van der Waals surface area contributed by atoms with Gasteiger partial charge in [-0.05, 0) is 61.4 Å². The third-order valence-corrected chi connectivity index (χ3v) is 10.9. The number of benzene rings is 3. The van der Waals surface area contributed by atoms with Gasteiger partial charge in [-0.3, -0.25) is 33.6 Å². The zero-order chi connectivity index (χ0) is 44.8. The number of primary amides is 1. The molecule has 2 fully saturated rings. The van der Waals surface area contributed by atoms with Crippen molar-refractivity contribution in [1.29, 1.82) is 0 Å². The van der Waals surface area contributed by atoms with Crippen LogP contribution in [0.25, 0.3) is 0 Å². The highest BCUT2D eigenvalue weighted by Gasteiger charge is 2.45. The van der Waals surface area contributed by atoms with Crippen LogP contribution in [0.4, 0.5) is 10.5 Å². The maximum Gasteiger partial charge on any atom is 0.336 e. The number of hydrogen-bond acceptors (Lipinski definition) is 9. The summed E-state index contributed by atoms with van der Waals surface area (Å²) in [6, 6.07) is 15.9. The van der Waals surface area contributed by atoms with E-state index in [9.17, 15) is 48.3 Å². The second kappa shape index (κ2) is 21.9. The second-order valence-electron chi connectivity index (χ2n) is 15.3. The minimum atomic E-state index is -1.38. The number of aromatic carboxylic acids is 1. The van der Waals surface area contributed by atoms with Crippen molar-refractivity contribution in [3.63, 3.8) is 0 Å². The van der Waals surface area contributed by atoms with E-state index in [2.05, 4.69) is 31.9 Å². The average molecular weight is 853 g/mol. The van der Waals surface area contributed by atoms with Gasteiger partial charge in [0.05, 0.1) is 29.8 Å². The molecule has 1 aliphatic heterocycles. The van der Waals surface area contributed by atoms with Crippen LogP contribution in [-0.4, -0.2) is 100 Å². The minimum absolute atomic E-state index is 0.00746. The number of carboxylic acid groups (broad SMARTS) is 1. The van der Waals surface area contributed by atoms with Crippen LogP contribution in [0.15, 0.2) is 84.9 Å². The summed E-state index contributed by atoms with van der Waals surface area (Å²) >= 11 is 0. The van der Waals surface area contributed by atoms with Crippen molar-refractivity contribution in [2.45, 2.75) is 88.5 Å². The number of rotatable bonds is 18. The highest BCUT2D eigenvalue weighted by atomic mass is 16.4. The van der Waals surface area contributed by atoms with Gasteiger partial charge in [0.25, 0.3) is 11.8 Å². The molecule has 9 N–H and O–H groups in total. The molecule has 328 valence electrons. The van der Waals surface area contributed by atoms with Crippen LogP contribution >= 0.6 is 0 Å². The normalized spacial score (nSPS) is 17.6. The predicted molar refractivity (Wildman–Crippen MR) is 225 cm³/mol. The van der Waals surface area contributed by atoms with Gasteiger partial charge in [-0.2, -0.15) is 0 Å². The summed E-state index contributed by atoms with van der Waals surface area (Å²) in [5.74, 6) is -7.84. The Labute approximate surface area is 358 Å². The summed E-state index contributed by atoms with van der Waals surface area (Å²) in [7, 11) is 0. The molecule has 3 aromatic rings. The van der Waals surface area contributed by atoms with Gasteiger partial charge in [-0.15, -0.1) is 0 Å². The van der Waals surface area contributed by atoms with E-state index in [1.807, 2.05) is 0 Å². The van der Waals surface area contributed by atoms with E-state index in [4.69, 9.17) is 5.73 Å². The Morgan fingerprint density at radius 1 is 0.790 bits per heavy atom. The van der Waals surface area contributed by atoms with Gasteiger partial charge < -0.3 is 47.6 Å². The van der Waals surface area contributed by atoms with Gasteiger partial charge in [0.2, 0.25) is 29.4 Å². The smallest absolute Gasteiger partial charge is 0.336 e. The minimum Gasteiger partial charge on any atom is -0.478 e. The lowest BCUT2D eigenvalue weighted by Gasteiger charge is -2.35.